The highest BCUT2D eigenvalue weighted by Crippen LogP contribution is 2.35. The molecule has 1 saturated carbocycles. The van der Waals surface area contributed by atoms with E-state index in [-0.39, 0.29) is 30.0 Å². The molecular weight excluding hydrogens is 589 g/mol. The predicted octanol–water partition coefficient (Wildman–Crippen LogP) is 6.09. The molecule has 1 N–H and O–H groups in total. The number of ether oxygens (including phenoxy) is 4. The topological polar surface area (TPSA) is 95.0 Å². The number of amides is 1. The van der Waals surface area contributed by atoms with E-state index in [4.69, 9.17) is 14.2 Å². The number of rotatable bonds is 10. The highest BCUT2D eigenvalue weighted by atomic mass is 19.4. The fourth-order valence-corrected chi connectivity index (χ4v) is 7.01. The summed E-state index contributed by atoms with van der Waals surface area (Å²) in [4.78, 5) is 15.5. The Bertz CT molecular complexity index is 1270. The second-order valence-electron chi connectivity index (χ2n) is 12.4. The first-order valence-electron chi connectivity index (χ1n) is 16.1. The molecule has 2 aromatic rings. The molecule has 1 aromatic heterocycles. The first-order chi connectivity index (χ1) is 21.6. The lowest BCUT2D eigenvalue weighted by Gasteiger charge is -2.38. The van der Waals surface area contributed by atoms with Crippen LogP contribution in [0.4, 0.5) is 13.2 Å². The van der Waals surface area contributed by atoms with Crippen molar-refractivity contribution in [3.63, 3.8) is 0 Å². The Kier molecular flexibility index (Phi) is 11.2. The SMILES string of the molecule is COc1nnc(C(=O)N2CCC(N[C@H]3CCCC[C@H]3OC)CC2)c(C)c1CC[C@H]1CCC[C@@H](c2ccc(OC(F)(F)F)cc2)O1. The quantitative estimate of drug-likeness (QED) is 0.336. The fourth-order valence-electron chi connectivity index (χ4n) is 7.01. The van der Waals surface area contributed by atoms with Crippen LogP contribution in [0.25, 0.3) is 0 Å². The van der Waals surface area contributed by atoms with Crippen LogP contribution in [0.15, 0.2) is 24.3 Å². The zero-order valence-corrected chi connectivity index (χ0v) is 26.4. The van der Waals surface area contributed by atoms with Crippen molar-refractivity contribution in [3.05, 3.63) is 46.6 Å². The molecule has 248 valence electrons. The number of piperidine rings is 1. The van der Waals surface area contributed by atoms with Crippen LogP contribution in [-0.4, -0.2) is 79.0 Å². The number of carbonyl (C=O) groups excluding carboxylic acids is 1. The van der Waals surface area contributed by atoms with Crippen molar-refractivity contribution >= 4 is 5.91 Å². The van der Waals surface area contributed by atoms with E-state index >= 15 is 0 Å². The summed E-state index contributed by atoms with van der Waals surface area (Å²) >= 11 is 0. The van der Waals surface area contributed by atoms with Gasteiger partial charge in [0.05, 0.1) is 25.4 Å². The van der Waals surface area contributed by atoms with Crippen molar-refractivity contribution in [1.29, 1.82) is 0 Å². The number of benzene rings is 1. The van der Waals surface area contributed by atoms with Crippen LogP contribution in [0.5, 0.6) is 11.6 Å². The summed E-state index contributed by atoms with van der Waals surface area (Å²) in [6.45, 7) is 3.21. The van der Waals surface area contributed by atoms with Gasteiger partial charge in [-0.2, -0.15) is 0 Å². The molecule has 5 rings (SSSR count). The molecule has 2 saturated heterocycles. The molecule has 0 radical (unpaired) electrons. The van der Waals surface area contributed by atoms with Crippen LogP contribution in [0.2, 0.25) is 0 Å². The van der Waals surface area contributed by atoms with Crippen molar-refractivity contribution in [1.82, 2.24) is 20.4 Å². The lowest BCUT2D eigenvalue weighted by Crippen LogP contribution is -2.52. The van der Waals surface area contributed by atoms with Gasteiger partial charge >= 0.3 is 6.36 Å². The Morgan fingerprint density at radius 2 is 1.73 bits per heavy atom. The molecule has 12 heteroatoms. The first-order valence-corrected chi connectivity index (χ1v) is 16.1. The van der Waals surface area contributed by atoms with Crippen LogP contribution in [0, 0.1) is 6.92 Å². The molecule has 2 aliphatic heterocycles. The Hall–Kier alpha value is -2.96. The smallest absolute Gasteiger partial charge is 0.480 e. The van der Waals surface area contributed by atoms with Crippen molar-refractivity contribution in [2.75, 3.05) is 27.3 Å². The number of halogens is 3. The summed E-state index contributed by atoms with van der Waals surface area (Å²) in [7, 11) is 3.34. The third kappa shape index (κ3) is 8.65. The van der Waals surface area contributed by atoms with Crippen molar-refractivity contribution in [3.8, 4) is 11.6 Å². The molecule has 0 unspecified atom stereocenters. The van der Waals surface area contributed by atoms with E-state index in [1.54, 1.807) is 26.4 Å². The van der Waals surface area contributed by atoms with E-state index in [1.165, 1.54) is 25.0 Å². The molecule has 0 spiro atoms. The monoisotopic (exact) mass is 634 g/mol. The normalized spacial score (nSPS) is 24.8. The van der Waals surface area contributed by atoms with E-state index in [9.17, 15) is 18.0 Å². The molecule has 3 aliphatic rings. The number of carbonyl (C=O) groups is 1. The van der Waals surface area contributed by atoms with E-state index in [0.29, 0.717) is 49.6 Å². The van der Waals surface area contributed by atoms with Gasteiger partial charge in [0.2, 0.25) is 5.88 Å². The van der Waals surface area contributed by atoms with E-state index in [2.05, 4.69) is 20.3 Å². The molecule has 3 heterocycles. The maximum Gasteiger partial charge on any atom is 0.573 e. The van der Waals surface area contributed by atoms with Gasteiger partial charge in [-0.25, -0.2) is 0 Å². The number of nitrogens with one attached hydrogen (secondary N) is 1. The van der Waals surface area contributed by atoms with Gasteiger partial charge in [0.1, 0.15) is 5.75 Å². The summed E-state index contributed by atoms with van der Waals surface area (Å²) in [5.74, 6) is 0.0406. The zero-order chi connectivity index (χ0) is 32.0. The average Bonchev–Trinajstić information content (AvgIpc) is 3.04. The maximum absolute atomic E-state index is 13.6. The number of nitrogens with zero attached hydrogens (tertiary/aromatic N) is 3. The Morgan fingerprint density at radius 1 is 1.00 bits per heavy atom. The maximum atomic E-state index is 13.6. The highest BCUT2D eigenvalue weighted by Gasteiger charge is 2.33. The minimum atomic E-state index is -4.73. The Labute approximate surface area is 263 Å². The van der Waals surface area contributed by atoms with Crippen molar-refractivity contribution in [2.45, 2.75) is 114 Å². The summed E-state index contributed by atoms with van der Waals surface area (Å²) in [5, 5.41) is 12.3. The lowest BCUT2D eigenvalue weighted by molar-refractivity contribution is -0.274. The van der Waals surface area contributed by atoms with Crippen LogP contribution in [0.1, 0.15) is 97.5 Å². The van der Waals surface area contributed by atoms with Crippen LogP contribution in [0.3, 0.4) is 0 Å². The molecule has 9 nitrogen and oxygen atoms in total. The van der Waals surface area contributed by atoms with Gasteiger partial charge < -0.3 is 29.2 Å². The number of hydrogen-bond acceptors (Lipinski definition) is 8. The number of hydrogen-bond donors (Lipinski definition) is 1. The van der Waals surface area contributed by atoms with Gasteiger partial charge in [-0.1, -0.05) is 25.0 Å². The number of likely N-dealkylation sites (tertiary alicyclic amines) is 1. The van der Waals surface area contributed by atoms with Crippen molar-refractivity contribution in [2.24, 2.45) is 0 Å². The molecule has 4 atom stereocenters. The molecular formula is C33H45F3N4O5. The molecule has 1 amide bonds. The fraction of sp³-hybridized carbons (Fsp3) is 0.667. The number of aromatic nitrogens is 2. The summed E-state index contributed by atoms with van der Waals surface area (Å²) < 4.78 is 59.2. The predicted molar refractivity (Wildman–Crippen MR) is 161 cm³/mol. The Balaban J connectivity index is 1.17. The summed E-state index contributed by atoms with van der Waals surface area (Å²) in [6.07, 6.45) is 5.54. The second-order valence-corrected chi connectivity index (χ2v) is 12.4. The molecule has 3 fully saturated rings. The second kappa shape index (κ2) is 15.1. The van der Waals surface area contributed by atoms with Gasteiger partial charge in [0.25, 0.3) is 5.91 Å². The van der Waals surface area contributed by atoms with Crippen molar-refractivity contribution < 1.29 is 36.9 Å². The van der Waals surface area contributed by atoms with E-state index < -0.39 is 6.36 Å². The van der Waals surface area contributed by atoms with Gasteiger partial charge in [0.15, 0.2) is 5.69 Å². The van der Waals surface area contributed by atoms with Crippen LogP contribution in [-0.2, 0) is 15.9 Å². The van der Waals surface area contributed by atoms with Crippen LogP contribution >= 0.6 is 0 Å². The molecule has 45 heavy (non-hydrogen) atoms. The largest absolute Gasteiger partial charge is 0.573 e. The highest BCUT2D eigenvalue weighted by molar-refractivity contribution is 5.94. The molecule has 1 aliphatic carbocycles. The Morgan fingerprint density at radius 3 is 2.42 bits per heavy atom. The number of methoxy groups -OCH3 is 2. The summed E-state index contributed by atoms with van der Waals surface area (Å²) in [6, 6.07) is 6.61. The zero-order valence-electron chi connectivity index (χ0n) is 26.4. The molecule has 0 bridgehead atoms. The first kappa shape index (κ1) is 33.4. The van der Waals surface area contributed by atoms with Gasteiger partial charge in [0, 0.05) is 37.8 Å². The number of alkyl halides is 3. The third-order valence-corrected chi connectivity index (χ3v) is 9.49. The van der Waals surface area contributed by atoms with E-state index in [0.717, 1.165) is 61.6 Å². The molecule has 1 aromatic carbocycles. The van der Waals surface area contributed by atoms with Crippen LogP contribution < -0.4 is 14.8 Å². The minimum absolute atomic E-state index is 0.0559. The lowest BCUT2D eigenvalue weighted by atomic mass is 9.90. The minimum Gasteiger partial charge on any atom is -0.480 e. The van der Waals surface area contributed by atoms with Gasteiger partial charge in [-0.05, 0) is 88.0 Å². The average molecular weight is 635 g/mol. The third-order valence-electron chi connectivity index (χ3n) is 9.49. The van der Waals surface area contributed by atoms with E-state index in [1.807, 2.05) is 11.8 Å². The van der Waals surface area contributed by atoms with Gasteiger partial charge in [-0.15, -0.1) is 23.4 Å². The standard InChI is InChI=1S/C33H45F3N4O5/c1-21-26(16-15-24-7-6-10-28(44-24)22-11-13-25(14-12-22)45-33(34,35)36)31(43-3)39-38-30(21)32(41)40-19-17-23(18-20-40)37-27-8-4-5-9-29(27)42-2/h11-14,23-24,27-29,37H,4-10,15-20H2,1-3H3/t24-,27+,28+,29-/m1/s1. The summed E-state index contributed by atoms with van der Waals surface area (Å²) in [5.41, 5.74) is 2.78. The van der Waals surface area contributed by atoms with Gasteiger partial charge in [-0.3, -0.25) is 4.79 Å².